The standard InChI is InChI=1S/C17H12Cl2F3N7OS/c18-9-5-10(19)7-11(6-9)23-16(31)26-24-14(30)8-29-27-15(25-28-29)12-3-1-2-4-13(12)17(20,21)22/h1-7H,8H2,(H,24,30)(H2,23,26,31). The van der Waals surface area contributed by atoms with Crippen LogP contribution in [0.25, 0.3) is 11.4 Å². The highest BCUT2D eigenvalue weighted by Gasteiger charge is 2.34. The van der Waals surface area contributed by atoms with Crippen molar-refractivity contribution in [3.05, 3.63) is 58.1 Å². The van der Waals surface area contributed by atoms with Crippen LogP contribution >= 0.6 is 35.4 Å². The van der Waals surface area contributed by atoms with Gasteiger partial charge in [0.05, 0.1) is 5.56 Å². The van der Waals surface area contributed by atoms with Gasteiger partial charge in [0.15, 0.2) is 5.11 Å². The number of hydrogen-bond acceptors (Lipinski definition) is 5. The molecule has 0 saturated carbocycles. The maximum atomic E-state index is 13.1. The van der Waals surface area contributed by atoms with Crippen molar-refractivity contribution in [1.29, 1.82) is 0 Å². The molecule has 162 valence electrons. The number of hydrogen-bond donors (Lipinski definition) is 3. The molecule has 3 rings (SSSR count). The van der Waals surface area contributed by atoms with E-state index in [0.29, 0.717) is 15.7 Å². The molecule has 0 aliphatic rings. The van der Waals surface area contributed by atoms with E-state index in [9.17, 15) is 18.0 Å². The number of amides is 1. The van der Waals surface area contributed by atoms with Crippen molar-refractivity contribution in [3.63, 3.8) is 0 Å². The zero-order valence-corrected chi connectivity index (χ0v) is 17.6. The van der Waals surface area contributed by atoms with Gasteiger partial charge in [-0.2, -0.15) is 18.0 Å². The molecule has 0 saturated heterocycles. The number of aromatic nitrogens is 4. The van der Waals surface area contributed by atoms with E-state index in [1.807, 2.05) is 0 Å². The van der Waals surface area contributed by atoms with E-state index in [2.05, 4.69) is 31.6 Å². The molecule has 1 amide bonds. The summed E-state index contributed by atoms with van der Waals surface area (Å²) in [6.07, 6.45) is -4.58. The predicted octanol–water partition coefficient (Wildman–Crippen LogP) is 3.68. The van der Waals surface area contributed by atoms with Crippen molar-refractivity contribution in [3.8, 4) is 11.4 Å². The van der Waals surface area contributed by atoms with Gasteiger partial charge in [-0.15, -0.1) is 10.2 Å². The Balaban J connectivity index is 1.58. The predicted molar refractivity (Wildman–Crippen MR) is 112 cm³/mol. The highest BCUT2D eigenvalue weighted by molar-refractivity contribution is 7.80. The summed E-state index contributed by atoms with van der Waals surface area (Å²) in [6, 6.07) is 9.49. The van der Waals surface area contributed by atoms with Crippen LogP contribution in [-0.2, 0) is 17.5 Å². The second-order valence-electron chi connectivity index (χ2n) is 5.97. The van der Waals surface area contributed by atoms with Crippen LogP contribution in [0.5, 0.6) is 0 Å². The number of benzene rings is 2. The van der Waals surface area contributed by atoms with Crippen LogP contribution in [0.3, 0.4) is 0 Å². The zero-order chi connectivity index (χ0) is 22.6. The van der Waals surface area contributed by atoms with E-state index < -0.39 is 24.2 Å². The van der Waals surface area contributed by atoms with Crippen molar-refractivity contribution in [1.82, 2.24) is 31.1 Å². The fraction of sp³-hybridized carbons (Fsp3) is 0.118. The summed E-state index contributed by atoms with van der Waals surface area (Å²) >= 11 is 16.8. The van der Waals surface area contributed by atoms with Crippen molar-refractivity contribution in [2.75, 3.05) is 5.32 Å². The number of nitrogens with one attached hydrogen (secondary N) is 3. The Morgan fingerprint density at radius 2 is 1.77 bits per heavy atom. The number of carbonyl (C=O) groups is 1. The maximum Gasteiger partial charge on any atom is 0.417 e. The third-order valence-corrected chi connectivity index (χ3v) is 4.29. The van der Waals surface area contributed by atoms with E-state index in [0.717, 1.165) is 10.9 Å². The molecule has 0 radical (unpaired) electrons. The number of nitrogens with zero attached hydrogens (tertiary/aromatic N) is 4. The first-order chi connectivity index (χ1) is 14.6. The highest BCUT2D eigenvalue weighted by Crippen LogP contribution is 2.35. The van der Waals surface area contributed by atoms with Gasteiger partial charge in [0, 0.05) is 21.3 Å². The Kier molecular flexibility index (Phi) is 6.93. The number of halogens is 5. The molecule has 0 bridgehead atoms. The molecule has 0 fully saturated rings. The fourth-order valence-electron chi connectivity index (χ4n) is 2.43. The van der Waals surface area contributed by atoms with Gasteiger partial charge in [-0.3, -0.25) is 15.6 Å². The quantitative estimate of drug-likeness (QED) is 0.379. The summed E-state index contributed by atoms with van der Waals surface area (Å²) in [5.41, 5.74) is 4.10. The minimum atomic E-state index is -4.58. The van der Waals surface area contributed by atoms with E-state index in [4.69, 9.17) is 35.4 Å². The first kappa shape index (κ1) is 22.7. The normalized spacial score (nSPS) is 11.1. The molecular weight excluding hydrogens is 478 g/mol. The first-order valence-corrected chi connectivity index (χ1v) is 9.54. The molecule has 8 nitrogen and oxygen atoms in total. The molecule has 3 aromatic rings. The van der Waals surface area contributed by atoms with Crippen LogP contribution in [0.2, 0.25) is 10.0 Å². The van der Waals surface area contributed by atoms with Crippen LogP contribution < -0.4 is 16.2 Å². The van der Waals surface area contributed by atoms with Gasteiger partial charge in [0.25, 0.3) is 5.91 Å². The maximum absolute atomic E-state index is 13.1. The molecule has 3 N–H and O–H groups in total. The summed E-state index contributed by atoms with van der Waals surface area (Å²) in [5.74, 6) is -0.884. The molecule has 2 aromatic carbocycles. The second kappa shape index (κ2) is 9.45. The molecular formula is C17H12Cl2F3N7OS. The molecule has 14 heteroatoms. The zero-order valence-electron chi connectivity index (χ0n) is 15.2. The molecule has 0 aliphatic heterocycles. The minimum Gasteiger partial charge on any atom is -0.331 e. The second-order valence-corrected chi connectivity index (χ2v) is 7.25. The summed E-state index contributed by atoms with van der Waals surface area (Å²) in [7, 11) is 0. The lowest BCUT2D eigenvalue weighted by molar-refractivity contribution is -0.137. The molecule has 1 heterocycles. The summed E-state index contributed by atoms with van der Waals surface area (Å²) in [4.78, 5) is 12.9. The van der Waals surface area contributed by atoms with Crippen LogP contribution in [0.1, 0.15) is 5.56 Å². The number of alkyl halides is 3. The number of carbonyl (C=O) groups excluding carboxylic acids is 1. The average Bonchev–Trinajstić information content (AvgIpc) is 3.13. The van der Waals surface area contributed by atoms with Crippen LogP contribution in [-0.4, -0.2) is 31.2 Å². The monoisotopic (exact) mass is 489 g/mol. The SMILES string of the molecule is O=C(Cn1nnc(-c2ccccc2C(F)(F)F)n1)NNC(=S)Nc1cc(Cl)cc(Cl)c1. The number of thiocarbonyl (C=S) groups is 1. The van der Waals surface area contributed by atoms with Gasteiger partial charge in [0.2, 0.25) is 5.82 Å². The van der Waals surface area contributed by atoms with Crippen LogP contribution in [0.15, 0.2) is 42.5 Å². The number of hydrazine groups is 1. The average molecular weight is 490 g/mol. The third-order valence-electron chi connectivity index (χ3n) is 3.65. The lowest BCUT2D eigenvalue weighted by Crippen LogP contribution is -2.45. The lowest BCUT2D eigenvalue weighted by Gasteiger charge is -2.12. The molecule has 0 atom stereocenters. The van der Waals surface area contributed by atoms with E-state index in [-0.39, 0.29) is 16.5 Å². The Morgan fingerprint density at radius 3 is 2.45 bits per heavy atom. The Hall–Kier alpha value is -2.96. The minimum absolute atomic E-state index is 0.0398. The third kappa shape index (κ3) is 6.26. The van der Waals surface area contributed by atoms with E-state index in [1.54, 1.807) is 18.2 Å². The molecule has 0 aliphatic carbocycles. The largest absolute Gasteiger partial charge is 0.417 e. The van der Waals surface area contributed by atoms with Crippen molar-refractivity contribution in [2.45, 2.75) is 12.7 Å². The molecule has 0 spiro atoms. The smallest absolute Gasteiger partial charge is 0.331 e. The van der Waals surface area contributed by atoms with Crippen LogP contribution in [0, 0.1) is 0 Å². The van der Waals surface area contributed by atoms with Crippen molar-refractivity contribution in [2.24, 2.45) is 0 Å². The topological polar surface area (TPSA) is 96.8 Å². The fourth-order valence-corrected chi connectivity index (χ4v) is 3.12. The first-order valence-electron chi connectivity index (χ1n) is 8.38. The summed E-state index contributed by atoms with van der Waals surface area (Å²) < 4.78 is 39.4. The summed E-state index contributed by atoms with van der Waals surface area (Å²) in [6.45, 7) is -0.417. The Bertz CT molecular complexity index is 1100. The highest BCUT2D eigenvalue weighted by atomic mass is 35.5. The Labute approximate surface area is 188 Å². The van der Waals surface area contributed by atoms with E-state index in [1.165, 1.54) is 18.2 Å². The number of tetrazole rings is 1. The lowest BCUT2D eigenvalue weighted by atomic mass is 10.1. The molecule has 1 aromatic heterocycles. The van der Waals surface area contributed by atoms with Crippen LogP contribution in [0.4, 0.5) is 18.9 Å². The van der Waals surface area contributed by atoms with Gasteiger partial charge in [-0.25, -0.2) is 0 Å². The van der Waals surface area contributed by atoms with Gasteiger partial charge in [0.1, 0.15) is 6.54 Å². The van der Waals surface area contributed by atoms with Gasteiger partial charge < -0.3 is 5.32 Å². The molecule has 0 unspecified atom stereocenters. The van der Waals surface area contributed by atoms with Gasteiger partial charge in [-0.1, -0.05) is 41.4 Å². The molecule has 31 heavy (non-hydrogen) atoms. The summed E-state index contributed by atoms with van der Waals surface area (Å²) in [5, 5.41) is 14.6. The van der Waals surface area contributed by atoms with Crippen molar-refractivity contribution >= 4 is 52.1 Å². The van der Waals surface area contributed by atoms with Gasteiger partial charge >= 0.3 is 6.18 Å². The number of anilines is 1. The van der Waals surface area contributed by atoms with E-state index >= 15 is 0 Å². The number of rotatable bonds is 4. The van der Waals surface area contributed by atoms with Crippen molar-refractivity contribution < 1.29 is 18.0 Å². The van der Waals surface area contributed by atoms with Gasteiger partial charge in [-0.05, 0) is 41.7 Å². The Morgan fingerprint density at radius 1 is 1.10 bits per heavy atom.